The van der Waals surface area contributed by atoms with Crippen LogP contribution in [0.25, 0.3) is 0 Å². The normalized spacial score (nSPS) is 12.9. The van der Waals surface area contributed by atoms with Crippen molar-refractivity contribution in [1.29, 1.82) is 0 Å². The molecule has 0 fully saturated rings. The molecule has 136 valence electrons. The Morgan fingerprint density at radius 1 is 1.17 bits per heavy atom. The van der Waals surface area contributed by atoms with E-state index in [1.165, 1.54) is 0 Å². The summed E-state index contributed by atoms with van der Waals surface area (Å²) in [6.45, 7) is 8.96. The molecule has 2 atom stereocenters. The minimum absolute atomic E-state index is 0. The molecule has 0 bridgehead atoms. The van der Waals surface area contributed by atoms with Gasteiger partial charge in [-0.05, 0) is 43.4 Å². The van der Waals surface area contributed by atoms with Gasteiger partial charge in [-0.25, -0.2) is 0 Å². The number of nitrogens with one attached hydrogen (secondary N) is 2. The van der Waals surface area contributed by atoms with Crippen LogP contribution in [-0.4, -0.2) is 30.9 Å². The van der Waals surface area contributed by atoms with Gasteiger partial charge in [-0.1, -0.05) is 39.0 Å². The fourth-order valence-corrected chi connectivity index (χ4v) is 2.25. The Kier molecular flexibility index (Phi) is 10.3. The van der Waals surface area contributed by atoms with Crippen LogP contribution in [0.5, 0.6) is 0 Å². The summed E-state index contributed by atoms with van der Waals surface area (Å²) in [5.41, 5.74) is 7.06. The Hall–Kier alpha value is -1.59. The molecular formula is C18H30ClN3O2. The van der Waals surface area contributed by atoms with Crippen LogP contribution in [0.15, 0.2) is 24.3 Å². The third-order valence-corrected chi connectivity index (χ3v) is 3.75. The number of hydrogen-bond acceptors (Lipinski definition) is 3. The van der Waals surface area contributed by atoms with E-state index in [2.05, 4.69) is 10.6 Å². The summed E-state index contributed by atoms with van der Waals surface area (Å²) >= 11 is 0. The Balaban J connectivity index is 0.00000529. The molecule has 2 amide bonds. The molecule has 1 rings (SSSR count). The van der Waals surface area contributed by atoms with E-state index >= 15 is 0 Å². The minimum Gasteiger partial charge on any atom is -0.354 e. The van der Waals surface area contributed by atoms with Gasteiger partial charge >= 0.3 is 0 Å². The van der Waals surface area contributed by atoms with Crippen LogP contribution in [0.1, 0.15) is 43.1 Å². The number of amides is 2. The lowest BCUT2D eigenvalue weighted by atomic mass is 10.0. The smallest absolute Gasteiger partial charge is 0.252 e. The van der Waals surface area contributed by atoms with Crippen LogP contribution in [0, 0.1) is 18.8 Å². The first kappa shape index (κ1) is 22.4. The zero-order valence-electron chi connectivity index (χ0n) is 15.0. The van der Waals surface area contributed by atoms with E-state index in [9.17, 15) is 9.59 Å². The molecule has 6 heteroatoms. The van der Waals surface area contributed by atoms with E-state index in [1.807, 2.05) is 45.9 Å². The highest BCUT2D eigenvalue weighted by molar-refractivity contribution is 5.98. The second kappa shape index (κ2) is 11.0. The van der Waals surface area contributed by atoms with E-state index in [-0.39, 0.29) is 30.1 Å². The van der Waals surface area contributed by atoms with E-state index in [4.69, 9.17) is 5.73 Å². The largest absolute Gasteiger partial charge is 0.354 e. The van der Waals surface area contributed by atoms with Crippen molar-refractivity contribution in [3.05, 3.63) is 35.4 Å². The SMILES string of the molecule is Cc1ccccc1C(=O)NC(CC(C)C)C(=O)NCC(C)CN.Cl. The van der Waals surface area contributed by atoms with Crippen molar-refractivity contribution in [2.45, 2.75) is 40.2 Å². The maximum absolute atomic E-state index is 12.4. The fraction of sp³-hybridized carbons (Fsp3) is 0.556. The van der Waals surface area contributed by atoms with E-state index in [0.717, 1.165) is 5.56 Å². The predicted molar refractivity (Wildman–Crippen MR) is 100 cm³/mol. The molecule has 0 aliphatic heterocycles. The van der Waals surface area contributed by atoms with E-state index in [1.54, 1.807) is 6.07 Å². The van der Waals surface area contributed by atoms with Crippen molar-refractivity contribution >= 4 is 24.2 Å². The summed E-state index contributed by atoms with van der Waals surface area (Å²) in [7, 11) is 0. The lowest BCUT2D eigenvalue weighted by Crippen LogP contribution is -2.48. The van der Waals surface area contributed by atoms with Gasteiger partial charge in [0.05, 0.1) is 0 Å². The minimum atomic E-state index is -0.535. The van der Waals surface area contributed by atoms with Gasteiger partial charge in [0, 0.05) is 12.1 Å². The molecular weight excluding hydrogens is 326 g/mol. The number of halogens is 1. The second-order valence-electron chi connectivity index (χ2n) is 6.56. The van der Waals surface area contributed by atoms with Gasteiger partial charge in [0.25, 0.3) is 5.91 Å². The monoisotopic (exact) mass is 355 g/mol. The van der Waals surface area contributed by atoms with Crippen molar-refractivity contribution < 1.29 is 9.59 Å². The average Bonchev–Trinajstić information content (AvgIpc) is 2.51. The molecule has 0 heterocycles. The van der Waals surface area contributed by atoms with Crippen LogP contribution in [-0.2, 0) is 4.79 Å². The topological polar surface area (TPSA) is 84.2 Å². The van der Waals surface area contributed by atoms with Gasteiger partial charge in [0.1, 0.15) is 6.04 Å². The first-order valence-electron chi connectivity index (χ1n) is 8.19. The molecule has 0 aliphatic carbocycles. The van der Waals surface area contributed by atoms with E-state index < -0.39 is 6.04 Å². The summed E-state index contributed by atoms with van der Waals surface area (Å²) in [6.07, 6.45) is 0.598. The van der Waals surface area contributed by atoms with Crippen molar-refractivity contribution in [1.82, 2.24) is 10.6 Å². The molecule has 0 saturated heterocycles. The molecule has 0 spiro atoms. The number of hydrogen-bond donors (Lipinski definition) is 3. The third kappa shape index (κ3) is 7.32. The molecule has 1 aromatic rings. The van der Waals surface area contributed by atoms with Crippen molar-refractivity contribution in [3.8, 4) is 0 Å². The Morgan fingerprint density at radius 3 is 2.33 bits per heavy atom. The van der Waals surface area contributed by atoms with Crippen molar-refractivity contribution in [3.63, 3.8) is 0 Å². The van der Waals surface area contributed by atoms with Gasteiger partial charge in [-0.15, -0.1) is 12.4 Å². The molecule has 0 radical (unpaired) electrons. The molecule has 1 aromatic carbocycles. The molecule has 2 unspecified atom stereocenters. The summed E-state index contributed by atoms with van der Waals surface area (Å²) < 4.78 is 0. The number of benzene rings is 1. The van der Waals surface area contributed by atoms with Crippen LogP contribution in [0.4, 0.5) is 0 Å². The summed E-state index contributed by atoms with van der Waals surface area (Å²) in [4.78, 5) is 24.8. The molecule has 0 aliphatic rings. The number of aryl methyl sites for hydroxylation is 1. The Labute approximate surface area is 151 Å². The first-order chi connectivity index (χ1) is 10.8. The highest BCUT2D eigenvalue weighted by atomic mass is 35.5. The van der Waals surface area contributed by atoms with Crippen LogP contribution in [0.2, 0.25) is 0 Å². The molecule has 0 aromatic heterocycles. The summed E-state index contributed by atoms with van der Waals surface area (Å²) in [5.74, 6) is 0.150. The predicted octanol–water partition coefficient (Wildman–Crippen LogP) is 2.27. The zero-order chi connectivity index (χ0) is 17.4. The van der Waals surface area contributed by atoms with Crippen LogP contribution < -0.4 is 16.4 Å². The highest BCUT2D eigenvalue weighted by Crippen LogP contribution is 2.10. The highest BCUT2D eigenvalue weighted by Gasteiger charge is 2.23. The molecule has 24 heavy (non-hydrogen) atoms. The zero-order valence-corrected chi connectivity index (χ0v) is 15.8. The maximum Gasteiger partial charge on any atom is 0.252 e. The Bertz CT molecular complexity index is 535. The number of nitrogens with two attached hydrogens (primary N) is 1. The van der Waals surface area contributed by atoms with Gasteiger partial charge in [0.2, 0.25) is 5.91 Å². The number of carbonyl (C=O) groups is 2. The average molecular weight is 356 g/mol. The molecule has 4 N–H and O–H groups in total. The third-order valence-electron chi connectivity index (χ3n) is 3.75. The van der Waals surface area contributed by atoms with Gasteiger partial charge in [-0.2, -0.15) is 0 Å². The van der Waals surface area contributed by atoms with Gasteiger partial charge in [-0.3, -0.25) is 9.59 Å². The first-order valence-corrected chi connectivity index (χ1v) is 8.19. The molecule has 0 saturated carbocycles. The summed E-state index contributed by atoms with van der Waals surface area (Å²) in [5, 5.41) is 5.74. The quantitative estimate of drug-likeness (QED) is 0.668. The Morgan fingerprint density at radius 2 is 1.79 bits per heavy atom. The lowest BCUT2D eigenvalue weighted by Gasteiger charge is -2.21. The maximum atomic E-state index is 12.4. The second-order valence-corrected chi connectivity index (χ2v) is 6.56. The van der Waals surface area contributed by atoms with Gasteiger partial charge < -0.3 is 16.4 Å². The lowest BCUT2D eigenvalue weighted by molar-refractivity contribution is -0.123. The fourth-order valence-electron chi connectivity index (χ4n) is 2.25. The number of carbonyl (C=O) groups excluding carboxylic acids is 2. The van der Waals surface area contributed by atoms with Crippen molar-refractivity contribution in [2.24, 2.45) is 17.6 Å². The van der Waals surface area contributed by atoms with E-state index in [0.29, 0.717) is 31.0 Å². The van der Waals surface area contributed by atoms with Crippen LogP contribution in [0.3, 0.4) is 0 Å². The van der Waals surface area contributed by atoms with Crippen LogP contribution >= 0.6 is 12.4 Å². The summed E-state index contributed by atoms with van der Waals surface area (Å²) in [6, 6.07) is 6.83. The van der Waals surface area contributed by atoms with Crippen molar-refractivity contribution in [2.75, 3.05) is 13.1 Å². The van der Waals surface area contributed by atoms with Gasteiger partial charge in [0.15, 0.2) is 0 Å². The number of rotatable bonds is 8. The standard InChI is InChI=1S/C18H29N3O2.ClH/c1-12(2)9-16(18(23)20-11-13(3)10-19)21-17(22)15-8-6-5-7-14(15)4;/h5-8,12-13,16H,9-11,19H2,1-4H3,(H,20,23)(H,21,22);1H. The molecule has 5 nitrogen and oxygen atoms in total.